The standard InChI is InChI=1S/C23H27N3O2/c1-18-7-9-19(10-8-18)22-20(15-25-13-11-23(28,17-27)12-14-25)16-26(24-22)21-5-3-2-4-6-21/h2-10,16,27-28H,11-15,17H2,1H3. The van der Waals surface area contributed by atoms with Gasteiger partial charge in [-0.15, -0.1) is 0 Å². The summed E-state index contributed by atoms with van der Waals surface area (Å²) in [4.78, 5) is 2.33. The van der Waals surface area contributed by atoms with Crippen LogP contribution in [0.25, 0.3) is 16.9 Å². The SMILES string of the molecule is Cc1ccc(-c2nn(-c3ccccc3)cc2CN2CCC(O)(CO)CC2)cc1. The lowest BCUT2D eigenvalue weighted by Crippen LogP contribution is -2.46. The highest BCUT2D eigenvalue weighted by atomic mass is 16.3. The van der Waals surface area contributed by atoms with Crippen LogP contribution in [0.5, 0.6) is 0 Å². The fourth-order valence-electron chi connectivity index (χ4n) is 3.72. The van der Waals surface area contributed by atoms with Gasteiger partial charge in [-0.3, -0.25) is 4.90 Å². The van der Waals surface area contributed by atoms with Crippen molar-refractivity contribution in [2.45, 2.75) is 31.9 Å². The number of rotatable bonds is 5. The van der Waals surface area contributed by atoms with Gasteiger partial charge in [0.1, 0.15) is 0 Å². The van der Waals surface area contributed by atoms with Crippen molar-refractivity contribution in [1.82, 2.24) is 14.7 Å². The first-order valence-electron chi connectivity index (χ1n) is 9.83. The minimum Gasteiger partial charge on any atom is -0.393 e. The quantitative estimate of drug-likeness (QED) is 0.717. The molecule has 4 rings (SSSR count). The first kappa shape index (κ1) is 18.9. The zero-order chi connectivity index (χ0) is 19.6. The monoisotopic (exact) mass is 377 g/mol. The number of para-hydroxylation sites is 1. The molecule has 2 heterocycles. The van der Waals surface area contributed by atoms with Gasteiger partial charge in [0.2, 0.25) is 0 Å². The van der Waals surface area contributed by atoms with E-state index in [9.17, 15) is 10.2 Å². The van der Waals surface area contributed by atoms with Crippen LogP contribution in [-0.2, 0) is 6.54 Å². The van der Waals surface area contributed by atoms with Gasteiger partial charge in [-0.1, -0.05) is 48.0 Å². The largest absolute Gasteiger partial charge is 0.393 e. The fourth-order valence-corrected chi connectivity index (χ4v) is 3.72. The van der Waals surface area contributed by atoms with Crippen molar-refractivity contribution in [3.05, 3.63) is 71.9 Å². The molecule has 0 aliphatic carbocycles. The Hall–Kier alpha value is -2.47. The van der Waals surface area contributed by atoms with Gasteiger partial charge in [-0.25, -0.2) is 4.68 Å². The zero-order valence-corrected chi connectivity index (χ0v) is 16.3. The summed E-state index contributed by atoms with van der Waals surface area (Å²) in [5, 5.41) is 24.6. The van der Waals surface area contributed by atoms with Crippen molar-refractivity contribution >= 4 is 0 Å². The van der Waals surface area contributed by atoms with Crippen molar-refractivity contribution in [2.24, 2.45) is 0 Å². The van der Waals surface area contributed by atoms with Crippen molar-refractivity contribution in [3.63, 3.8) is 0 Å². The Kier molecular flexibility index (Phi) is 5.31. The van der Waals surface area contributed by atoms with Gasteiger partial charge >= 0.3 is 0 Å². The van der Waals surface area contributed by atoms with E-state index in [0.29, 0.717) is 12.8 Å². The average Bonchev–Trinajstić information content (AvgIpc) is 3.15. The molecule has 1 fully saturated rings. The van der Waals surface area contributed by atoms with E-state index < -0.39 is 5.60 Å². The molecule has 0 spiro atoms. The molecule has 0 amide bonds. The smallest absolute Gasteiger partial charge is 0.0972 e. The first-order valence-corrected chi connectivity index (χ1v) is 9.83. The highest BCUT2D eigenvalue weighted by Crippen LogP contribution is 2.28. The number of aryl methyl sites for hydroxylation is 1. The highest BCUT2D eigenvalue weighted by molar-refractivity contribution is 5.63. The van der Waals surface area contributed by atoms with Gasteiger partial charge in [0.15, 0.2) is 0 Å². The number of nitrogens with zero attached hydrogens (tertiary/aromatic N) is 3. The number of aliphatic hydroxyl groups is 2. The molecule has 146 valence electrons. The van der Waals surface area contributed by atoms with Gasteiger partial charge < -0.3 is 10.2 Å². The van der Waals surface area contributed by atoms with Gasteiger partial charge in [0, 0.05) is 37.0 Å². The molecule has 28 heavy (non-hydrogen) atoms. The van der Waals surface area contributed by atoms with E-state index >= 15 is 0 Å². The third-order valence-electron chi connectivity index (χ3n) is 5.61. The maximum Gasteiger partial charge on any atom is 0.0972 e. The second-order valence-electron chi connectivity index (χ2n) is 7.81. The van der Waals surface area contributed by atoms with Gasteiger partial charge in [-0.2, -0.15) is 5.10 Å². The Morgan fingerprint density at radius 2 is 1.68 bits per heavy atom. The Bertz CT molecular complexity index is 911. The van der Waals surface area contributed by atoms with Gasteiger partial charge in [-0.05, 0) is 31.9 Å². The summed E-state index contributed by atoms with van der Waals surface area (Å²) in [5.74, 6) is 0. The second-order valence-corrected chi connectivity index (χ2v) is 7.81. The number of aromatic nitrogens is 2. The van der Waals surface area contributed by atoms with E-state index in [1.807, 2.05) is 22.9 Å². The van der Waals surface area contributed by atoms with Crippen LogP contribution in [0.4, 0.5) is 0 Å². The number of likely N-dealkylation sites (tertiary alicyclic amines) is 1. The molecular formula is C23H27N3O2. The van der Waals surface area contributed by atoms with Crippen molar-refractivity contribution in [1.29, 1.82) is 0 Å². The summed E-state index contributed by atoms with van der Waals surface area (Å²) < 4.78 is 1.94. The first-order chi connectivity index (χ1) is 13.6. The molecule has 1 aliphatic heterocycles. The number of hydrogen-bond acceptors (Lipinski definition) is 4. The summed E-state index contributed by atoms with van der Waals surface area (Å²) in [6.07, 6.45) is 3.30. The number of aliphatic hydroxyl groups excluding tert-OH is 1. The van der Waals surface area contributed by atoms with Crippen LogP contribution in [0.2, 0.25) is 0 Å². The molecule has 0 radical (unpaired) electrons. The molecule has 0 saturated carbocycles. The minimum atomic E-state index is -0.926. The Morgan fingerprint density at radius 3 is 2.32 bits per heavy atom. The Morgan fingerprint density at radius 1 is 1.00 bits per heavy atom. The van der Waals surface area contributed by atoms with Gasteiger partial charge in [0.05, 0.1) is 23.6 Å². The van der Waals surface area contributed by atoms with E-state index in [-0.39, 0.29) is 6.61 Å². The Balaban J connectivity index is 1.63. The van der Waals surface area contributed by atoms with Gasteiger partial charge in [0.25, 0.3) is 0 Å². The highest BCUT2D eigenvalue weighted by Gasteiger charge is 2.31. The van der Waals surface area contributed by atoms with Crippen LogP contribution >= 0.6 is 0 Å². The molecule has 0 atom stereocenters. The topological polar surface area (TPSA) is 61.5 Å². The number of piperidine rings is 1. The molecule has 1 saturated heterocycles. The van der Waals surface area contributed by atoms with E-state index in [1.54, 1.807) is 0 Å². The molecule has 2 N–H and O–H groups in total. The molecule has 1 aliphatic rings. The van der Waals surface area contributed by atoms with E-state index in [2.05, 4.69) is 54.4 Å². The van der Waals surface area contributed by atoms with Crippen LogP contribution < -0.4 is 0 Å². The zero-order valence-electron chi connectivity index (χ0n) is 16.3. The third-order valence-corrected chi connectivity index (χ3v) is 5.61. The molecule has 0 unspecified atom stereocenters. The lowest BCUT2D eigenvalue weighted by molar-refractivity contribution is -0.0606. The van der Waals surface area contributed by atoms with E-state index in [4.69, 9.17) is 5.10 Å². The summed E-state index contributed by atoms with van der Waals surface area (Å²) in [6.45, 7) is 4.23. The van der Waals surface area contributed by atoms with Crippen LogP contribution in [0.1, 0.15) is 24.0 Å². The summed E-state index contributed by atoms with van der Waals surface area (Å²) in [5.41, 5.74) is 4.61. The molecule has 1 aromatic heterocycles. The van der Waals surface area contributed by atoms with Crippen LogP contribution in [-0.4, -0.2) is 50.2 Å². The van der Waals surface area contributed by atoms with E-state index in [1.165, 1.54) is 11.1 Å². The normalized spacial score (nSPS) is 17.0. The predicted molar refractivity (Wildman–Crippen MR) is 110 cm³/mol. The predicted octanol–water partition coefficient (Wildman–Crippen LogP) is 3.17. The van der Waals surface area contributed by atoms with Crippen molar-refractivity contribution in [3.8, 4) is 16.9 Å². The third kappa shape index (κ3) is 4.02. The number of benzene rings is 2. The maximum atomic E-state index is 10.3. The van der Waals surface area contributed by atoms with Crippen LogP contribution in [0, 0.1) is 6.92 Å². The van der Waals surface area contributed by atoms with Crippen molar-refractivity contribution < 1.29 is 10.2 Å². The summed E-state index contributed by atoms with van der Waals surface area (Å²) in [6, 6.07) is 18.6. The van der Waals surface area contributed by atoms with Crippen LogP contribution in [0.3, 0.4) is 0 Å². The molecule has 5 heteroatoms. The average molecular weight is 377 g/mol. The van der Waals surface area contributed by atoms with E-state index in [0.717, 1.165) is 36.6 Å². The maximum absolute atomic E-state index is 10.3. The molecular weight excluding hydrogens is 350 g/mol. The van der Waals surface area contributed by atoms with Crippen molar-refractivity contribution in [2.75, 3.05) is 19.7 Å². The molecule has 2 aromatic carbocycles. The minimum absolute atomic E-state index is 0.165. The summed E-state index contributed by atoms with van der Waals surface area (Å²) >= 11 is 0. The molecule has 0 bridgehead atoms. The van der Waals surface area contributed by atoms with Crippen LogP contribution in [0.15, 0.2) is 60.8 Å². The number of hydrogen-bond donors (Lipinski definition) is 2. The molecule has 3 aromatic rings. The fraction of sp³-hybridized carbons (Fsp3) is 0.348. The summed E-state index contributed by atoms with van der Waals surface area (Å²) in [7, 11) is 0. The molecule has 5 nitrogen and oxygen atoms in total. The lowest BCUT2D eigenvalue weighted by Gasteiger charge is -2.36. The second kappa shape index (κ2) is 7.87. The lowest BCUT2D eigenvalue weighted by atomic mass is 9.92. The Labute approximate surface area is 165 Å².